The molecular formula is C14H17BrF3NO. The lowest BCUT2D eigenvalue weighted by atomic mass is 9.83. The number of nitrogens with two attached hydrogens (primary N) is 1. The number of benzene rings is 1. The van der Waals surface area contributed by atoms with Crippen LogP contribution in [0.25, 0.3) is 0 Å². The maximum atomic E-state index is 12.6. The molecule has 0 saturated heterocycles. The third-order valence-electron chi connectivity index (χ3n) is 3.62. The first-order chi connectivity index (χ1) is 9.30. The van der Waals surface area contributed by atoms with Crippen LogP contribution in [-0.2, 0) is 6.18 Å². The molecule has 1 saturated carbocycles. The van der Waals surface area contributed by atoms with Gasteiger partial charge in [0.25, 0.3) is 0 Å². The van der Waals surface area contributed by atoms with Crippen molar-refractivity contribution in [3.8, 4) is 5.75 Å². The van der Waals surface area contributed by atoms with Gasteiger partial charge in [0.1, 0.15) is 12.4 Å². The standard InChI is InChI=1S/C14H17BrF3NO/c15-11-8-10(14(16,17)18)4-5-12(11)20-9-13(19)6-2-1-3-7-13/h4-5,8H,1-3,6-7,9,19H2. The first kappa shape index (κ1) is 15.6. The Labute approximate surface area is 124 Å². The fourth-order valence-electron chi connectivity index (χ4n) is 2.42. The number of ether oxygens (including phenoxy) is 1. The van der Waals surface area contributed by atoms with Crippen molar-refractivity contribution in [1.29, 1.82) is 0 Å². The minimum Gasteiger partial charge on any atom is -0.490 e. The summed E-state index contributed by atoms with van der Waals surface area (Å²) in [7, 11) is 0. The van der Waals surface area contributed by atoms with Crippen LogP contribution >= 0.6 is 15.9 Å². The summed E-state index contributed by atoms with van der Waals surface area (Å²) in [6.07, 6.45) is 0.779. The highest BCUT2D eigenvalue weighted by molar-refractivity contribution is 9.10. The molecular weight excluding hydrogens is 335 g/mol. The molecule has 6 heteroatoms. The monoisotopic (exact) mass is 351 g/mol. The quantitative estimate of drug-likeness (QED) is 0.869. The lowest BCUT2D eigenvalue weighted by molar-refractivity contribution is -0.137. The predicted molar refractivity (Wildman–Crippen MR) is 74.6 cm³/mol. The van der Waals surface area contributed by atoms with Gasteiger partial charge < -0.3 is 10.5 Å². The summed E-state index contributed by atoms with van der Waals surface area (Å²) in [5.74, 6) is 0.397. The molecule has 1 aromatic rings. The molecule has 1 fully saturated rings. The second-order valence-corrected chi connectivity index (χ2v) is 6.21. The Morgan fingerprint density at radius 3 is 2.40 bits per heavy atom. The van der Waals surface area contributed by atoms with E-state index in [0.29, 0.717) is 16.8 Å². The van der Waals surface area contributed by atoms with Gasteiger partial charge in [-0.1, -0.05) is 19.3 Å². The van der Waals surface area contributed by atoms with Gasteiger partial charge in [-0.2, -0.15) is 13.2 Å². The smallest absolute Gasteiger partial charge is 0.416 e. The molecule has 0 spiro atoms. The summed E-state index contributed by atoms with van der Waals surface area (Å²) in [5.41, 5.74) is 5.18. The van der Waals surface area contributed by atoms with Gasteiger partial charge in [0.15, 0.2) is 0 Å². The molecule has 0 radical (unpaired) electrons. The summed E-state index contributed by atoms with van der Waals surface area (Å²) in [5, 5.41) is 0. The van der Waals surface area contributed by atoms with E-state index in [1.165, 1.54) is 12.5 Å². The molecule has 0 aromatic heterocycles. The van der Waals surface area contributed by atoms with Gasteiger partial charge >= 0.3 is 6.18 Å². The number of hydrogen-bond donors (Lipinski definition) is 1. The number of alkyl halides is 3. The zero-order chi connectivity index (χ0) is 14.8. The number of hydrogen-bond acceptors (Lipinski definition) is 2. The number of halogens is 4. The van der Waals surface area contributed by atoms with Gasteiger partial charge in [0.05, 0.1) is 15.6 Å². The summed E-state index contributed by atoms with van der Waals surface area (Å²) < 4.78 is 43.6. The minimum atomic E-state index is -4.35. The van der Waals surface area contributed by atoms with Gasteiger partial charge in [-0.3, -0.25) is 0 Å². The van der Waals surface area contributed by atoms with Gasteiger partial charge in [-0.25, -0.2) is 0 Å². The Morgan fingerprint density at radius 1 is 1.20 bits per heavy atom. The molecule has 1 aromatic carbocycles. The van der Waals surface area contributed by atoms with Gasteiger partial charge in [0, 0.05) is 0 Å². The van der Waals surface area contributed by atoms with E-state index >= 15 is 0 Å². The number of rotatable bonds is 3. The summed E-state index contributed by atoms with van der Waals surface area (Å²) >= 11 is 3.12. The SMILES string of the molecule is NC1(COc2ccc(C(F)(F)F)cc2Br)CCCCC1. The second-order valence-electron chi connectivity index (χ2n) is 5.35. The molecule has 0 amide bonds. The van der Waals surface area contributed by atoms with E-state index in [9.17, 15) is 13.2 Å². The summed E-state index contributed by atoms with van der Waals surface area (Å²) in [6, 6.07) is 3.38. The molecule has 0 atom stereocenters. The third-order valence-corrected chi connectivity index (χ3v) is 4.24. The van der Waals surface area contributed by atoms with Crippen LogP contribution in [-0.4, -0.2) is 12.1 Å². The molecule has 20 heavy (non-hydrogen) atoms. The van der Waals surface area contributed by atoms with Crippen molar-refractivity contribution in [3.63, 3.8) is 0 Å². The van der Waals surface area contributed by atoms with Crippen molar-refractivity contribution in [1.82, 2.24) is 0 Å². The van der Waals surface area contributed by atoms with Gasteiger partial charge in [0.2, 0.25) is 0 Å². The lowest BCUT2D eigenvalue weighted by Gasteiger charge is -2.33. The van der Waals surface area contributed by atoms with Crippen LogP contribution in [0.15, 0.2) is 22.7 Å². The van der Waals surface area contributed by atoms with Crippen molar-refractivity contribution in [3.05, 3.63) is 28.2 Å². The first-order valence-electron chi connectivity index (χ1n) is 6.59. The van der Waals surface area contributed by atoms with E-state index in [1.54, 1.807) is 0 Å². The molecule has 0 aliphatic heterocycles. The molecule has 0 unspecified atom stereocenters. The Bertz CT molecular complexity index is 470. The highest BCUT2D eigenvalue weighted by Crippen LogP contribution is 2.35. The minimum absolute atomic E-state index is 0.298. The lowest BCUT2D eigenvalue weighted by Crippen LogP contribution is -2.47. The Morgan fingerprint density at radius 2 is 1.85 bits per heavy atom. The van der Waals surface area contributed by atoms with Crippen LogP contribution in [0.5, 0.6) is 5.75 Å². The van der Waals surface area contributed by atoms with Crippen molar-refractivity contribution in [2.24, 2.45) is 5.73 Å². The van der Waals surface area contributed by atoms with E-state index < -0.39 is 11.7 Å². The van der Waals surface area contributed by atoms with Crippen molar-refractivity contribution < 1.29 is 17.9 Å². The topological polar surface area (TPSA) is 35.2 Å². The van der Waals surface area contributed by atoms with Crippen LogP contribution < -0.4 is 10.5 Å². The Balaban J connectivity index is 2.03. The van der Waals surface area contributed by atoms with Crippen molar-refractivity contribution in [2.45, 2.75) is 43.8 Å². The summed E-state index contributed by atoms with van der Waals surface area (Å²) in [6.45, 7) is 0.330. The maximum absolute atomic E-state index is 12.6. The Hall–Kier alpha value is -0.750. The fraction of sp³-hybridized carbons (Fsp3) is 0.571. The average Bonchev–Trinajstić information content (AvgIpc) is 2.37. The molecule has 1 aliphatic rings. The molecule has 2 rings (SSSR count). The van der Waals surface area contributed by atoms with E-state index in [-0.39, 0.29) is 5.54 Å². The maximum Gasteiger partial charge on any atom is 0.416 e. The van der Waals surface area contributed by atoms with Crippen LogP contribution in [0.2, 0.25) is 0 Å². The van der Waals surface area contributed by atoms with Crippen LogP contribution in [0.1, 0.15) is 37.7 Å². The Kier molecular flexibility index (Phi) is 4.64. The van der Waals surface area contributed by atoms with Crippen molar-refractivity contribution in [2.75, 3.05) is 6.61 Å². The molecule has 0 bridgehead atoms. The predicted octanol–water partition coefficient (Wildman–Crippen LogP) is 4.51. The van der Waals surface area contributed by atoms with E-state index in [0.717, 1.165) is 37.8 Å². The molecule has 2 nitrogen and oxygen atoms in total. The van der Waals surface area contributed by atoms with E-state index in [2.05, 4.69) is 15.9 Å². The largest absolute Gasteiger partial charge is 0.490 e. The third kappa shape index (κ3) is 3.88. The van der Waals surface area contributed by atoms with E-state index in [1.807, 2.05) is 0 Å². The second kappa shape index (κ2) is 5.93. The average molecular weight is 352 g/mol. The van der Waals surface area contributed by atoms with E-state index in [4.69, 9.17) is 10.5 Å². The highest BCUT2D eigenvalue weighted by Gasteiger charge is 2.32. The molecule has 2 N–H and O–H groups in total. The van der Waals surface area contributed by atoms with Gasteiger partial charge in [-0.15, -0.1) is 0 Å². The molecule has 112 valence electrons. The fourth-order valence-corrected chi connectivity index (χ4v) is 2.91. The normalized spacial score (nSPS) is 18.9. The van der Waals surface area contributed by atoms with Crippen LogP contribution in [0.4, 0.5) is 13.2 Å². The highest BCUT2D eigenvalue weighted by atomic mass is 79.9. The van der Waals surface area contributed by atoms with Crippen molar-refractivity contribution >= 4 is 15.9 Å². The molecule has 0 heterocycles. The van der Waals surface area contributed by atoms with Gasteiger partial charge in [-0.05, 0) is 47.0 Å². The zero-order valence-corrected chi connectivity index (χ0v) is 12.6. The van der Waals surface area contributed by atoms with Crippen LogP contribution in [0.3, 0.4) is 0 Å². The summed E-state index contributed by atoms with van der Waals surface area (Å²) in [4.78, 5) is 0. The zero-order valence-electron chi connectivity index (χ0n) is 11.0. The first-order valence-corrected chi connectivity index (χ1v) is 7.38. The van der Waals surface area contributed by atoms with Crippen LogP contribution in [0, 0.1) is 0 Å². The molecule has 1 aliphatic carbocycles.